The molecule has 2 heterocycles. The molecule has 0 atom stereocenters. The lowest BCUT2D eigenvalue weighted by molar-refractivity contribution is -0.121. The number of benzene rings is 2. The molecular weight excluding hydrogens is 424 g/mol. The van der Waals surface area contributed by atoms with Crippen LogP contribution in [0, 0.1) is 33.6 Å². The number of nitrogens with one attached hydrogen (secondary N) is 1. The van der Waals surface area contributed by atoms with E-state index in [-0.39, 0.29) is 17.9 Å². The monoisotopic (exact) mass is 460 g/mol. The van der Waals surface area contributed by atoms with Gasteiger partial charge in [-0.1, -0.05) is 29.8 Å². The van der Waals surface area contributed by atoms with Gasteiger partial charge in [0, 0.05) is 26.1 Å². The molecule has 1 aliphatic rings. The highest BCUT2D eigenvalue weighted by atomic mass is 16.2. The molecule has 1 aromatic heterocycles. The Bertz CT molecular complexity index is 1220. The van der Waals surface area contributed by atoms with E-state index in [1.807, 2.05) is 26.0 Å². The molecule has 6 heteroatoms. The Morgan fingerprint density at radius 1 is 1.03 bits per heavy atom. The first-order valence-corrected chi connectivity index (χ1v) is 12.3. The summed E-state index contributed by atoms with van der Waals surface area (Å²) >= 11 is 0. The Morgan fingerprint density at radius 3 is 2.41 bits per heavy atom. The normalized spacial score (nSPS) is 15.1. The minimum absolute atomic E-state index is 0.000402. The molecule has 34 heavy (non-hydrogen) atoms. The average Bonchev–Trinajstić information content (AvgIpc) is 2.82. The fraction of sp³-hybridized carbons (Fsp3) is 0.464. The van der Waals surface area contributed by atoms with Gasteiger partial charge in [0.05, 0.1) is 11.0 Å². The zero-order valence-corrected chi connectivity index (χ0v) is 20.9. The lowest BCUT2D eigenvalue weighted by Crippen LogP contribution is -2.38. The summed E-state index contributed by atoms with van der Waals surface area (Å²) in [6, 6.07) is 12.8. The van der Waals surface area contributed by atoms with E-state index in [1.165, 1.54) is 11.1 Å². The van der Waals surface area contributed by atoms with Gasteiger partial charge in [-0.3, -0.25) is 14.5 Å². The minimum atomic E-state index is -0.121. The Balaban J connectivity index is 1.27. The van der Waals surface area contributed by atoms with Crippen LogP contribution in [0.25, 0.3) is 11.0 Å². The molecule has 1 amide bonds. The first kappa shape index (κ1) is 24.1. The van der Waals surface area contributed by atoms with Crippen LogP contribution in [0.3, 0.4) is 0 Å². The maximum Gasteiger partial charge on any atom is 0.272 e. The summed E-state index contributed by atoms with van der Waals surface area (Å²) in [5.74, 6) is 0.510. The first-order chi connectivity index (χ1) is 16.3. The molecule has 0 unspecified atom stereocenters. The number of rotatable bonds is 7. The van der Waals surface area contributed by atoms with Gasteiger partial charge in [-0.05, 0) is 88.4 Å². The second kappa shape index (κ2) is 10.5. The number of hydrogen-bond acceptors (Lipinski definition) is 4. The van der Waals surface area contributed by atoms with Crippen molar-refractivity contribution in [1.29, 1.82) is 0 Å². The highest BCUT2D eigenvalue weighted by Gasteiger charge is 2.20. The molecule has 4 rings (SSSR count). The Hall–Kier alpha value is -2.99. The molecule has 0 spiro atoms. The fourth-order valence-electron chi connectivity index (χ4n) is 4.71. The number of likely N-dealkylation sites (tertiary alicyclic amines) is 1. The maximum atomic E-state index is 12.7. The highest BCUT2D eigenvalue weighted by Crippen LogP contribution is 2.19. The van der Waals surface area contributed by atoms with E-state index in [0.29, 0.717) is 24.7 Å². The molecule has 2 aromatic carbocycles. The van der Waals surface area contributed by atoms with Crippen LogP contribution in [0.15, 0.2) is 41.2 Å². The lowest BCUT2D eigenvalue weighted by atomic mass is 9.96. The summed E-state index contributed by atoms with van der Waals surface area (Å²) in [7, 11) is 0. The van der Waals surface area contributed by atoms with Gasteiger partial charge < -0.3 is 9.88 Å². The SMILES string of the molecule is Cc1ccc(CN2CCC(CNC(=O)CCn3c(=O)c(C)nc4cc(C)c(C)cc43)CC2)cc1. The van der Waals surface area contributed by atoms with Crippen LogP contribution in [0.5, 0.6) is 0 Å². The molecule has 0 aliphatic carbocycles. The molecule has 0 bridgehead atoms. The number of carbonyl (C=O) groups is 1. The number of hydrogen-bond donors (Lipinski definition) is 1. The van der Waals surface area contributed by atoms with Gasteiger partial charge in [0.15, 0.2) is 0 Å². The van der Waals surface area contributed by atoms with E-state index in [9.17, 15) is 9.59 Å². The maximum absolute atomic E-state index is 12.7. The molecule has 1 N–H and O–H groups in total. The van der Waals surface area contributed by atoms with E-state index >= 15 is 0 Å². The summed E-state index contributed by atoms with van der Waals surface area (Å²) in [5.41, 5.74) is 6.86. The van der Waals surface area contributed by atoms with Crippen molar-refractivity contribution in [3.63, 3.8) is 0 Å². The van der Waals surface area contributed by atoms with Crippen LogP contribution in [0.4, 0.5) is 0 Å². The predicted molar refractivity (Wildman–Crippen MR) is 137 cm³/mol. The summed E-state index contributed by atoms with van der Waals surface area (Å²) in [6.07, 6.45) is 2.48. The van der Waals surface area contributed by atoms with E-state index in [2.05, 4.69) is 46.4 Å². The third-order valence-electron chi connectivity index (χ3n) is 7.11. The van der Waals surface area contributed by atoms with E-state index in [1.54, 1.807) is 11.5 Å². The topological polar surface area (TPSA) is 67.2 Å². The predicted octanol–water partition coefficient (Wildman–Crippen LogP) is 4.05. The Kier molecular flexibility index (Phi) is 7.47. The molecule has 0 radical (unpaired) electrons. The number of amides is 1. The highest BCUT2D eigenvalue weighted by molar-refractivity contribution is 5.78. The number of carbonyl (C=O) groups excluding carboxylic acids is 1. The fourth-order valence-corrected chi connectivity index (χ4v) is 4.71. The molecule has 6 nitrogen and oxygen atoms in total. The zero-order chi connectivity index (χ0) is 24.2. The average molecular weight is 461 g/mol. The molecule has 0 saturated carbocycles. The summed E-state index contributed by atoms with van der Waals surface area (Å²) < 4.78 is 1.70. The summed E-state index contributed by atoms with van der Waals surface area (Å²) in [4.78, 5) is 32.3. The number of nitrogens with zero attached hydrogens (tertiary/aromatic N) is 3. The van der Waals surface area contributed by atoms with Crippen molar-refractivity contribution in [2.45, 2.75) is 60.0 Å². The van der Waals surface area contributed by atoms with E-state index in [0.717, 1.165) is 54.6 Å². The lowest BCUT2D eigenvalue weighted by Gasteiger charge is -2.32. The van der Waals surface area contributed by atoms with Crippen LogP contribution in [-0.4, -0.2) is 40.0 Å². The summed E-state index contributed by atoms with van der Waals surface area (Å²) in [6.45, 7) is 12.1. The van der Waals surface area contributed by atoms with Crippen LogP contribution in [-0.2, 0) is 17.9 Å². The van der Waals surface area contributed by atoms with Crippen molar-refractivity contribution in [2.75, 3.05) is 19.6 Å². The van der Waals surface area contributed by atoms with Crippen molar-refractivity contribution in [3.05, 3.63) is 74.7 Å². The first-order valence-electron chi connectivity index (χ1n) is 12.3. The third kappa shape index (κ3) is 5.73. The minimum Gasteiger partial charge on any atom is -0.356 e. The molecule has 1 saturated heterocycles. The van der Waals surface area contributed by atoms with Crippen LogP contribution in [0.2, 0.25) is 0 Å². The molecule has 1 aliphatic heterocycles. The van der Waals surface area contributed by atoms with E-state index in [4.69, 9.17) is 0 Å². The number of aromatic nitrogens is 2. The Morgan fingerprint density at radius 2 is 1.71 bits per heavy atom. The molecule has 3 aromatic rings. The van der Waals surface area contributed by atoms with Gasteiger partial charge in [0.1, 0.15) is 5.69 Å². The van der Waals surface area contributed by atoms with Crippen molar-refractivity contribution in [1.82, 2.24) is 19.8 Å². The largest absolute Gasteiger partial charge is 0.356 e. The van der Waals surface area contributed by atoms with Crippen LogP contribution >= 0.6 is 0 Å². The number of fused-ring (bicyclic) bond motifs is 1. The molecule has 1 fully saturated rings. The number of aryl methyl sites for hydroxylation is 5. The second-order valence-electron chi connectivity index (χ2n) is 9.84. The zero-order valence-electron chi connectivity index (χ0n) is 20.9. The Labute approximate surface area is 202 Å². The van der Waals surface area contributed by atoms with Crippen molar-refractivity contribution < 1.29 is 4.79 Å². The molecule has 180 valence electrons. The quantitative estimate of drug-likeness (QED) is 0.578. The third-order valence-corrected chi connectivity index (χ3v) is 7.11. The van der Waals surface area contributed by atoms with Crippen LogP contribution < -0.4 is 10.9 Å². The van der Waals surface area contributed by atoms with Gasteiger partial charge in [-0.2, -0.15) is 0 Å². The van der Waals surface area contributed by atoms with E-state index < -0.39 is 0 Å². The standard InChI is InChI=1S/C28H36N4O2/c1-19-5-7-24(8-6-19)18-31-12-9-23(10-13-31)17-29-27(33)11-14-32-26-16-21(3)20(2)15-25(26)30-22(4)28(32)34/h5-8,15-16,23H,9-14,17-18H2,1-4H3,(H,29,33). The number of piperidine rings is 1. The van der Waals surface area contributed by atoms with Crippen molar-refractivity contribution in [3.8, 4) is 0 Å². The van der Waals surface area contributed by atoms with Gasteiger partial charge in [0.25, 0.3) is 5.56 Å². The summed E-state index contributed by atoms with van der Waals surface area (Å²) in [5, 5.41) is 3.11. The molecular formula is C28H36N4O2. The van der Waals surface area contributed by atoms with Gasteiger partial charge in [0.2, 0.25) is 5.91 Å². The van der Waals surface area contributed by atoms with Gasteiger partial charge in [-0.15, -0.1) is 0 Å². The van der Waals surface area contributed by atoms with Gasteiger partial charge >= 0.3 is 0 Å². The smallest absolute Gasteiger partial charge is 0.272 e. The van der Waals surface area contributed by atoms with Crippen molar-refractivity contribution >= 4 is 16.9 Å². The van der Waals surface area contributed by atoms with Crippen LogP contribution in [0.1, 0.15) is 47.2 Å². The second-order valence-corrected chi connectivity index (χ2v) is 9.84. The van der Waals surface area contributed by atoms with Crippen molar-refractivity contribution in [2.24, 2.45) is 5.92 Å². The van der Waals surface area contributed by atoms with Gasteiger partial charge in [-0.25, -0.2) is 4.98 Å².